The van der Waals surface area contributed by atoms with Gasteiger partial charge in [0.15, 0.2) is 0 Å². The normalized spacial score (nSPS) is 15.7. The van der Waals surface area contributed by atoms with Crippen molar-refractivity contribution in [2.24, 2.45) is 0 Å². The van der Waals surface area contributed by atoms with Gasteiger partial charge in [0.1, 0.15) is 11.6 Å². The van der Waals surface area contributed by atoms with E-state index in [4.69, 9.17) is 0 Å². The molecule has 0 radical (unpaired) electrons. The number of carbonyl (C=O) groups excluding carboxylic acids is 1. The van der Waals surface area contributed by atoms with Crippen molar-refractivity contribution in [3.05, 3.63) is 53.7 Å². The summed E-state index contributed by atoms with van der Waals surface area (Å²) in [6, 6.07) is 5.99. The van der Waals surface area contributed by atoms with Crippen LogP contribution in [0.3, 0.4) is 0 Å². The number of H-pyrrole nitrogens is 1. The first kappa shape index (κ1) is 14.7. The molecule has 1 aliphatic heterocycles. The Morgan fingerprint density at radius 2 is 2.33 bits per heavy atom. The molecule has 1 aliphatic rings. The molecule has 1 atom stereocenters. The van der Waals surface area contributed by atoms with Crippen LogP contribution in [0.2, 0.25) is 0 Å². The topological polar surface area (TPSA) is 75.6 Å². The highest BCUT2D eigenvalue weighted by molar-refractivity contribution is 6.08. The second-order valence-electron chi connectivity index (χ2n) is 6.09. The van der Waals surface area contributed by atoms with Gasteiger partial charge in [-0.15, -0.1) is 0 Å². The third kappa shape index (κ3) is 2.31. The van der Waals surface area contributed by atoms with Crippen molar-refractivity contribution in [2.75, 3.05) is 5.32 Å². The van der Waals surface area contributed by atoms with Crippen LogP contribution in [0.25, 0.3) is 11.4 Å². The van der Waals surface area contributed by atoms with E-state index in [9.17, 15) is 4.79 Å². The Labute approximate surface area is 140 Å². The molecule has 4 rings (SSSR count). The zero-order valence-electron chi connectivity index (χ0n) is 13.7. The molecule has 6 heteroatoms. The first-order valence-electron chi connectivity index (χ1n) is 8.18. The van der Waals surface area contributed by atoms with Gasteiger partial charge in [0.25, 0.3) is 5.91 Å². The van der Waals surface area contributed by atoms with Crippen LogP contribution in [0, 0.1) is 0 Å². The highest BCUT2D eigenvalue weighted by Crippen LogP contribution is 2.35. The van der Waals surface area contributed by atoms with Gasteiger partial charge in [-0.2, -0.15) is 0 Å². The van der Waals surface area contributed by atoms with Gasteiger partial charge in [-0.25, -0.2) is 9.97 Å². The zero-order chi connectivity index (χ0) is 16.7. The quantitative estimate of drug-likeness (QED) is 0.778. The number of aromatic nitrogens is 4. The number of aryl methyl sites for hydroxylation is 1. The van der Waals surface area contributed by atoms with Crippen LogP contribution >= 0.6 is 0 Å². The predicted octanol–water partition coefficient (Wildman–Crippen LogP) is 3.21. The number of anilines is 1. The van der Waals surface area contributed by atoms with Crippen LogP contribution in [0.5, 0.6) is 0 Å². The summed E-state index contributed by atoms with van der Waals surface area (Å²) in [6.45, 7) is 4.19. The minimum atomic E-state index is -0.169. The first-order chi connectivity index (χ1) is 11.7. The molecule has 4 heterocycles. The molecule has 2 N–H and O–H groups in total. The molecular formula is C18H19N5O. The molecule has 0 aliphatic carbocycles. The number of pyridine rings is 1. The number of hydrogen-bond acceptors (Lipinski definition) is 3. The van der Waals surface area contributed by atoms with E-state index in [0.717, 1.165) is 35.6 Å². The Kier molecular flexibility index (Phi) is 3.45. The molecule has 0 spiro atoms. The van der Waals surface area contributed by atoms with Gasteiger partial charge in [0.2, 0.25) is 0 Å². The SMILES string of the molecule is CCc1cccc(NC(=O)c2c[nH]c3c2-c2nccn2[C@H](C)C3)n1. The van der Waals surface area contributed by atoms with Gasteiger partial charge in [-0.05, 0) is 25.5 Å². The second-order valence-corrected chi connectivity index (χ2v) is 6.09. The van der Waals surface area contributed by atoms with Crippen molar-refractivity contribution in [1.29, 1.82) is 0 Å². The van der Waals surface area contributed by atoms with E-state index in [1.807, 2.05) is 25.3 Å². The average Bonchev–Trinajstić information content (AvgIpc) is 3.21. The number of aromatic amines is 1. The third-order valence-electron chi connectivity index (χ3n) is 4.48. The van der Waals surface area contributed by atoms with E-state index in [-0.39, 0.29) is 5.91 Å². The van der Waals surface area contributed by atoms with Crippen molar-refractivity contribution in [3.8, 4) is 11.4 Å². The van der Waals surface area contributed by atoms with E-state index >= 15 is 0 Å². The number of amides is 1. The van der Waals surface area contributed by atoms with Gasteiger partial charge >= 0.3 is 0 Å². The summed E-state index contributed by atoms with van der Waals surface area (Å²) < 4.78 is 2.11. The summed E-state index contributed by atoms with van der Waals surface area (Å²) in [7, 11) is 0. The predicted molar refractivity (Wildman–Crippen MR) is 92.0 cm³/mol. The fourth-order valence-electron chi connectivity index (χ4n) is 3.25. The highest BCUT2D eigenvalue weighted by Gasteiger charge is 2.28. The number of rotatable bonds is 3. The number of carbonyl (C=O) groups is 1. The first-order valence-corrected chi connectivity index (χ1v) is 8.18. The number of fused-ring (bicyclic) bond motifs is 3. The molecular weight excluding hydrogens is 302 g/mol. The monoisotopic (exact) mass is 321 g/mol. The Hall–Kier alpha value is -2.89. The molecule has 0 saturated heterocycles. The molecule has 1 amide bonds. The lowest BCUT2D eigenvalue weighted by atomic mass is 10.0. The summed E-state index contributed by atoms with van der Waals surface area (Å²) in [5.41, 5.74) is 3.50. The Morgan fingerprint density at radius 3 is 3.17 bits per heavy atom. The summed E-state index contributed by atoms with van der Waals surface area (Å²) in [5.74, 6) is 1.24. The summed E-state index contributed by atoms with van der Waals surface area (Å²) in [6.07, 6.45) is 7.20. The maximum atomic E-state index is 12.8. The third-order valence-corrected chi connectivity index (χ3v) is 4.48. The van der Waals surface area contributed by atoms with Crippen molar-refractivity contribution in [1.82, 2.24) is 19.5 Å². The minimum Gasteiger partial charge on any atom is -0.364 e. The van der Waals surface area contributed by atoms with E-state index < -0.39 is 0 Å². The van der Waals surface area contributed by atoms with Gasteiger partial charge in [0, 0.05) is 42.4 Å². The molecule has 0 bridgehead atoms. The minimum absolute atomic E-state index is 0.169. The fourth-order valence-corrected chi connectivity index (χ4v) is 3.25. The van der Waals surface area contributed by atoms with Crippen molar-refractivity contribution in [3.63, 3.8) is 0 Å². The molecule has 3 aromatic rings. The Morgan fingerprint density at radius 1 is 1.46 bits per heavy atom. The average molecular weight is 321 g/mol. The summed E-state index contributed by atoms with van der Waals surface area (Å²) in [4.78, 5) is 24.9. The lowest BCUT2D eigenvalue weighted by Crippen LogP contribution is -2.18. The number of imidazole rings is 1. The fraction of sp³-hybridized carbons (Fsp3) is 0.278. The standard InChI is InChI=1S/C18H19N5O/c1-3-12-5-4-6-15(21-12)22-18(24)13-10-20-14-9-11(2)23-8-7-19-17(23)16(13)14/h4-8,10-11,20H,3,9H2,1-2H3,(H,21,22,24)/t11-/m1/s1. The maximum Gasteiger partial charge on any atom is 0.259 e. The Bertz CT molecular complexity index is 908. The lowest BCUT2D eigenvalue weighted by Gasteiger charge is -2.22. The summed E-state index contributed by atoms with van der Waals surface area (Å²) in [5, 5.41) is 2.90. The van der Waals surface area contributed by atoms with Crippen LogP contribution in [0.1, 0.15) is 41.6 Å². The highest BCUT2D eigenvalue weighted by atomic mass is 16.1. The van der Waals surface area contributed by atoms with E-state index in [0.29, 0.717) is 17.4 Å². The van der Waals surface area contributed by atoms with Gasteiger partial charge in [-0.1, -0.05) is 13.0 Å². The zero-order valence-corrected chi connectivity index (χ0v) is 13.7. The largest absolute Gasteiger partial charge is 0.364 e. The second kappa shape index (κ2) is 5.63. The lowest BCUT2D eigenvalue weighted by molar-refractivity contribution is 0.102. The van der Waals surface area contributed by atoms with Gasteiger partial charge < -0.3 is 14.9 Å². The van der Waals surface area contributed by atoms with Crippen molar-refractivity contribution >= 4 is 11.7 Å². The van der Waals surface area contributed by atoms with Crippen LogP contribution < -0.4 is 5.32 Å². The van der Waals surface area contributed by atoms with Crippen LogP contribution in [0.4, 0.5) is 5.82 Å². The number of nitrogens with zero attached hydrogens (tertiary/aromatic N) is 3. The van der Waals surface area contributed by atoms with Crippen LogP contribution in [0.15, 0.2) is 36.8 Å². The molecule has 24 heavy (non-hydrogen) atoms. The molecule has 3 aromatic heterocycles. The van der Waals surface area contributed by atoms with Crippen LogP contribution in [-0.2, 0) is 12.8 Å². The number of hydrogen-bond donors (Lipinski definition) is 2. The van der Waals surface area contributed by atoms with E-state index in [1.165, 1.54) is 0 Å². The van der Waals surface area contributed by atoms with Gasteiger partial charge in [-0.3, -0.25) is 4.79 Å². The van der Waals surface area contributed by atoms with Gasteiger partial charge in [0.05, 0.1) is 11.1 Å². The molecule has 6 nitrogen and oxygen atoms in total. The van der Waals surface area contributed by atoms with E-state index in [1.54, 1.807) is 18.5 Å². The Balaban J connectivity index is 1.68. The van der Waals surface area contributed by atoms with Crippen molar-refractivity contribution < 1.29 is 4.79 Å². The molecule has 0 fully saturated rings. The van der Waals surface area contributed by atoms with E-state index in [2.05, 4.69) is 31.8 Å². The molecule has 122 valence electrons. The molecule has 0 aromatic carbocycles. The molecule has 0 unspecified atom stereocenters. The smallest absolute Gasteiger partial charge is 0.259 e. The molecule has 0 saturated carbocycles. The van der Waals surface area contributed by atoms with Crippen LogP contribution in [-0.4, -0.2) is 25.4 Å². The number of nitrogens with one attached hydrogen (secondary N) is 2. The van der Waals surface area contributed by atoms with Crippen molar-refractivity contribution in [2.45, 2.75) is 32.7 Å². The maximum absolute atomic E-state index is 12.8. The summed E-state index contributed by atoms with van der Waals surface area (Å²) >= 11 is 0.